The average Bonchev–Trinajstić information content (AvgIpc) is 2.72. The van der Waals surface area contributed by atoms with Crippen LogP contribution in [0.1, 0.15) is 31.4 Å². The van der Waals surface area contributed by atoms with Gasteiger partial charge in [-0.25, -0.2) is 13.2 Å². The Labute approximate surface area is 197 Å². The lowest BCUT2D eigenvalue weighted by Crippen LogP contribution is -2.34. The zero-order valence-corrected chi connectivity index (χ0v) is 21.1. The third-order valence-corrected chi connectivity index (χ3v) is 8.07. The second kappa shape index (κ2) is 11.9. The van der Waals surface area contributed by atoms with Gasteiger partial charge in [0.25, 0.3) is 0 Å². The number of thioether (sulfide) groups is 1. The number of aryl methyl sites for hydroxylation is 2. The fraction of sp³-hybridized carbons (Fsp3) is 0.409. The number of hydrogen-bond acceptors (Lipinski definition) is 5. The van der Waals surface area contributed by atoms with Gasteiger partial charge in [0.05, 0.1) is 4.90 Å². The summed E-state index contributed by atoms with van der Waals surface area (Å²) in [5.41, 5.74) is 1.64. The third kappa shape index (κ3) is 7.24. The van der Waals surface area contributed by atoms with Crippen LogP contribution in [0.3, 0.4) is 0 Å². The minimum Gasteiger partial charge on any atom is -0.482 e. The number of ether oxygens (including phenoxy) is 1. The van der Waals surface area contributed by atoms with Crippen LogP contribution in [-0.2, 0) is 21.2 Å². The summed E-state index contributed by atoms with van der Waals surface area (Å²) in [5, 5.41) is 8.74. The summed E-state index contributed by atoms with van der Waals surface area (Å²) in [6, 6.07) is 10.8. The Hall–Kier alpha value is -1.55. The summed E-state index contributed by atoms with van der Waals surface area (Å²) >= 11 is 4.98. The second-order valence-corrected chi connectivity index (χ2v) is 11.0. The van der Waals surface area contributed by atoms with Crippen LogP contribution in [0.5, 0.6) is 5.75 Å². The lowest BCUT2D eigenvalue weighted by molar-refractivity contribution is -0.139. The highest BCUT2D eigenvalue weighted by molar-refractivity contribution is 9.10. The predicted molar refractivity (Wildman–Crippen MR) is 128 cm³/mol. The van der Waals surface area contributed by atoms with Gasteiger partial charge in [-0.3, -0.25) is 0 Å². The standard InChI is InChI=1S/C22H28BrNO5S2/c1-4-10-24(31(27,28)21-9-6-18(23)14-17(21)5-2)11-12-30-19-7-8-20(16(3)13-19)29-15-22(25)26/h6-9,13-14H,4-5,10-12,15H2,1-3H3,(H,25,26). The lowest BCUT2D eigenvalue weighted by Gasteiger charge is -2.23. The summed E-state index contributed by atoms with van der Waals surface area (Å²) in [4.78, 5) is 12.0. The molecule has 0 aliphatic carbocycles. The van der Waals surface area contributed by atoms with Gasteiger partial charge in [-0.1, -0.05) is 29.8 Å². The van der Waals surface area contributed by atoms with Crippen LogP contribution in [0, 0.1) is 6.92 Å². The molecule has 0 aliphatic heterocycles. The zero-order valence-electron chi connectivity index (χ0n) is 17.9. The quantitative estimate of drug-likeness (QED) is 0.390. The van der Waals surface area contributed by atoms with Crippen molar-refractivity contribution in [2.24, 2.45) is 0 Å². The summed E-state index contributed by atoms with van der Waals surface area (Å²) in [6.45, 7) is 6.26. The topological polar surface area (TPSA) is 83.9 Å². The van der Waals surface area contributed by atoms with Crippen molar-refractivity contribution < 1.29 is 23.1 Å². The number of hydrogen-bond donors (Lipinski definition) is 1. The Balaban J connectivity index is 2.09. The van der Waals surface area contributed by atoms with Crippen LogP contribution >= 0.6 is 27.7 Å². The van der Waals surface area contributed by atoms with Crippen molar-refractivity contribution in [2.45, 2.75) is 43.4 Å². The van der Waals surface area contributed by atoms with Gasteiger partial charge in [-0.05, 0) is 67.3 Å². The average molecular weight is 531 g/mol. The summed E-state index contributed by atoms with van der Waals surface area (Å²) in [5.74, 6) is 0.114. The van der Waals surface area contributed by atoms with E-state index in [4.69, 9.17) is 9.84 Å². The fourth-order valence-electron chi connectivity index (χ4n) is 3.10. The molecule has 0 radical (unpaired) electrons. The molecule has 0 saturated heterocycles. The Kier molecular flexibility index (Phi) is 9.87. The van der Waals surface area contributed by atoms with Gasteiger partial charge >= 0.3 is 5.97 Å². The molecule has 0 spiro atoms. The van der Waals surface area contributed by atoms with Gasteiger partial charge in [0.15, 0.2) is 6.61 Å². The highest BCUT2D eigenvalue weighted by atomic mass is 79.9. The number of carboxylic acid groups (broad SMARTS) is 1. The second-order valence-electron chi connectivity index (χ2n) is 6.97. The Morgan fingerprint density at radius 3 is 2.52 bits per heavy atom. The summed E-state index contributed by atoms with van der Waals surface area (Å²) in [7, 11) is -3.58. The lowest BCUT2D eigenvalue weighted by atomic mass is 10.2. The van der Waals surface area contributed by atoms with Crippen molar-refractivity contribution in [3.8, 4) is 5.75 Å². The van der Waals surface area contributed by atoms with E-state index in [9.17, 15) is 13.2 Å². The minimum absolute atomic E-state index is 0.368. The smallest absolute Gasteiger partial charge is 0.341 e. The molecule has 0 bridgehead atoms. The molecule has 0 atom stereocenters. The van der Waals surface area contributed by atoms with Crippen LogP contribution in [0.4, 0.5) is 0 Å². The van der Waals surface area contributed by atoms with Gasteiger partial charge < -0.3 is 9.84 Å². The molecule has 2 aromatic rings. The molecule has 2 aromatic carbocycles. The number of carbonyl (C=O) groups is 1. The first-order valence-electron chi connectivity index (χ1n) is 10.1. The normalized spacial score (nSPS) is 11.6. The number of halogens is 1. The Morgan fingerprint density at radius 1 is 1.16 bits per heavy atom. The Morgan fingerprint density at radius 2 is 1.90 bits per heavy atom. The van der Waals surface area contributed by atoms with E-state index in [1.165, 1.54) is 0 Å². The van der Waals surface area contributed by atoms with Gasteiger partial charge in [-0.15, -0.1) is 11.8 Å². The molecule has 1 N–H and O–H groups in total. The first-order chi connectivity index (χ1) is 14.7. The largest absolute Gasteiger partial charge is 0.482 e. The van der Waals surface area contributed by atoms with Crippen LogP contribution in [0.15, 0.2) is 50.7 Å². The van der Waals surface area contributed by atoms with Crippen LogP contribution < -0.4 is 4.74 Å². The van der Waals surface area contributed by atoms with Crippen LogP contribution in [0.2, 0.25) is 0 Å². The molecule has 0 unspecified atom stereocenters. The molecule has 0 saturated carbocycles. The van der Waals surface area contributed by atoms with Crippen molar-refractivity contribution in [2.75, 3.05) is 25.4 Å². The van der Waals surface area contributed by atoms with E-state index in [2.05, 4.69) is 15.9 Å². The van der Waals surface area contributed by atoms with E-state index >= 15 is 0 Å². The van der Waals surface area contributed by atoms with E-state index < -0.39 is 16.0 Å². The van der Waals surface area contributed by atoms with Crippen LogP contribution in [-0.4, -0.2) is 49.2 Å². The minimum atomic E-state index is -3.58. The fourth-order valence-corrected chi connectivity index (χ4v) is 6.40. The van der Waals surface area contributed by atoms with Crippen molar-refractivity contribution in [1.29, 1.82) is 0 Å². The molecular formula is C22H28BrNO5S2. The number of carboxylic acids is 1. The summed E-state index contributed by atoms with van der Waals surface area (Å²) in [6.07, 6.45) is 1.37. The molecule has 9 heteroatoms. The van der Waals surface area contributed by atoms with Crippen molar-refractivity contribution >= 4 is 43.7 Å². The van der Waals surface area contributed by atoms with Gasteiger partial charge in [-0.2, -0.15) is 4.31 Å². The van der Waals surface area contributed by atoms with E-state index in [0.29, 0.717) is 35.9 Å². The molecule has 31 heavy (non-hydrogen) atoms. The van der Waals surface area contributed by atoms with E-state index in [-0.39, 0.29) is 6.61 Å². The Bertz CT molecular complexity index is 1010. The molecule has 0 amide bonds. The molecule has 6 nitrogen and oxygen atoms in total. The number of rotatable bonds is 12. The predicted octanol–water partition coefficient (Wildman–Crippen LogP) is 4.98. The zero-order chi connectivity index (χ0) is 23.0. The van der Waals surface area contributed by atoms with Gasteiger partial charge in [0, 0.05) is 28.2 Å². The van der Waals surface area contributed by atoms with E-state index in [0.717, 1.165) is 26.9 Å². The maximum atomic E-state index is 13.3. The number of benzene rings is 2. The van der Waals surface area contributed by atoms with Crippen molar-refractivity contribution in [1.82, 2.24) is 4.31 Å². The monoisotopic (exact) mass is 529 g/mol. The van der Waals surface area contributed by atoms with Gasteiger partial charge in [0.2, 0.25) is 10.0 Å². The van der Waals surface area contributed by atoms with Crippen molar-refractivity contribution in [3.05, 3.63) is 52.0 Å². The number of sulfonamides is 1. The third-order valence-electron chi connectivity index (χ3n) is 4.60. The van der Waals surface area contributed by atoms with Gasteiger partial charge in [0.1, 0.15) is 5.75 Å². The molecule has 0 aromatic heterocycles. The van der Waals surface area contributed by atoms with Crippen LogP contribution in [0.25, 0.3) is 0 Å². The SMILES string of the molecule is CCCN(CCSc1ccc(OCC(=O)O)c(C)c1)S(=O)(=O)c1ccc(Br)cc1CC. The maximum absolute atomic E-state index is 13.3. The van der Waals surface area contributed by atoms with Crippen molar-refractivity contribution in [3.63, 3.8) is 0 Å². The first kappa shape index (κ1) is 25.7. The maximum Gasteiger partial charge on any atom is 0.341 e. The molecule has 0 heterocycles. The van der Waals surface area contributed by atoms with E-state index in [1.54, 1.807) is 34.3 Å². The number of aliphatic carboxylic acids is 1. The molecular weight excluding hydrogens is 502 g/mol. The molecule has 0 fully saturated rings. The highest BCUT2D eigenvalue weighted by Crippen LogP contribution is 2.28. The van der Waals surface area contributed by atoms with E-state index in [1.807, 2.05) is 39.0 Å². The molecule has 170 valence electrons. The molecule has 2 rings (SSSR count). The highest BCUT2D eigenvalue weighted by Gasteiger charge is 2.26. The number of nitrogens with zero attached hydrogens (tertiary/aromatic N) is 1. The summed E-state index contributed by atoms with van der Waals surface area (Å²) < 4.78 is 34.3. The first-order valence-corrected chi connectivity index (χ1v) is 13.3. The molecule has 0 aliphatic rings.